The fourth-order valence-corrected chi connectivity index (χ4v) is 4.09. The van der Waals surface area contributed by atoms with Crippen LogP contribution in [0.4, 0.5) is 0 Å². The fourth-order valence-electron chi connectivity index (χ4n) is 2.76. The Labute approximate surface area is 147 Å². The summed E-state index contributed by atoms with van der Waals surface area (Å²) < 4.78 is 1.59. The van der Waals surface area contributed by atoms with Gasteiger partial charge in [-0.1, -0.05) is 5.21 Å². The van der Waals surface area contributed by atoms with Crippen LogP contribution in [-0.2, 0) is 5.54 Å². The number of hydrogen-bond acceptors (Lipinski definition) is 7. The van der Waals surface area contributed by atoms with Crippen LogP contribution in [0.5, 0.6) is 0 Å². The lowest BCUT2D eigenvalue weighted by Gasteiger charge is -2.25. The van der Waals surface area contributed by atoms with Gasteiger partial charge in [-0.2, -0.15) is 22.1 Å². The van der Waals surface area contributed by atoms with Crippen LogP contribution in [0.1, 0.15) is 28.2 Å². The van der Waals surface area contributed by atoms with Gasteiger partial charge in [0, 0.05) is 18.1 Å². The summed E-state index contributed by atoms with van der Waals surface area (Å²) in [5, 5.41) is 21.5. The largest absolute Gasteiger partial charge is 0.338 e. The zero-order valence-electron chi connectivity index (χ0n) is 13.5. The van der Waals surface area contributed by atoms with Crippen molar-refractivity contribution in [3.8, 4) is 5.82 Å². The number of pyridine rings is 1. The maximum absolute atomic E-state index is 12.7. The maximum atomic E-state index is 12.7. The number of nitrogens with zero attached hydrogens (tertiary/aromatic N) is 6. The predicted octanol–water partition coefficient (Wildman–Crippen LogP) is 0.851. The third-order valence-corrected chi connectivity index (χ3v) is 5.32. The van der Waals surface area contributed by atoms with Crippen LogP contribution in [-0.4, -0.2) is 52.8 Å². The smallest absolute Gasteiger partial charge is 0.255 e. The first-order valence-corrected chi connectivity index (χ1v) is 8.94. The minimum Gasteiger partial charge on any atom is -0.338 e. The van der Waals surface area contributed by atoms with Crippen LogP contribution in [0.2, 0.25) is 0 Å². The lowest BCUT2D eigenvalue weighted by molar-refractivity contribution is 0.0903. The Morgan fingerprint density at radius 1 is 1.48 bits per heavy atom. The zero-order valence-corrected chi connectivity index (χ0v) is 14.3. The summed E-state index contributed by atoms with van der Waals surface area (Å²) in [6.07, 6.45) is 5.68. The molecule has 128 valence electrons. The lowest BCUT2D eigenvalue weighted by Crippen LogP contribution is -2.47. The molecule has 0 aliphatic carbocycles. The molecular weight excluding hydrogens is 340 g/mol. The van der Waals surface area contributed by atoms with Gasteiger partial charge >= 0.3 is 0 Å². The number of aromatic amines is 1. The molecule has 1 unspecified atom stereocenters. The molecule has 0 bridgehead atoms. The van der Waals surface area contributed by atoms with E-state index in [2.05, 4.69) is 36.0 Å². The summed E-state index contributed by atoms with van der Waals surface area (Å²) in [6, 6.07) is 3.82. The molecule has 9 nitrogen and oxygen atoms in total. The highest BCUT2D eigenvalue weighted by Crippen LogP contribution is 2.34. The number of H-pyrrole nitrogens is 1. The Balaban J connectivity index is 1.57. The van der Waals surface area contributed by atoms with Gasteiger partial charge in [0.25, 0.3) is 5.91 Å². The summed E-state index contributed by atoms with van der Waals surface area (Å²) >= 11 is 1.75. The first-order chi connectivity index (χ1) is 12.2. The van der Waals surface area contributed by atoms with Gasteiger partial charge < -0.3 is 5.32 Å². The number of thioether (sulfide) groups is 1. The molecule has 1 fully saturated rings. The van der Waals surface area contributed by atoms with Crippen LogP contribution in [0.25, 0.3) is 5.82 Å². The molecule has 10 heteroatoms. The lowest BCUT2D eigenvalue weighted by atomic mass is 9.97. The van der Waals surface area contributed by atoms with Crippen LogP contribution in [0, 0.1) is 6.92 Å². The second-order valence-corrected chi connectivity index (χ2v) is 7.04. The molecule has 4 rings (SSSR count). The number of nitrogens with one attached hydrogen (secondary N) is 2. The van der Waals surface area contributed by atoms with Crippen molar-refractivity contribution in [2.45, 2.75) is 18.9 Å². The van der Waals surface area contributed by atoms with Gasteiger partial charge in [0.1, 0.15) is 5.54 Å². The molecule has 3 aromatic rings. The second-order valence-electron chi connectivity index (χ2n) is 5.94. The molecule has 3 aromatic heterocycles. The molecule has 1 saturated heterocycles. The standard InChI is InChI=1S/C15H16N8OS/c1-10-2-4-16-12(6-10)23-8-11(7-17-23)13(24)18-15(3-5-25-9-15)14-19-21-22-20-14/h2,4,6-8H,3,5,9H2,1H3,(H,18,24)(H,19,20,21,22). The van der Waals surface area contributed by atoms with Crippen molar-refractivity contribution < 1.29 is 4.79 Å². The van der Waals surface area contributed by atoms with E-state index < -0.39 is 5.54 Å². The molecular formula is C15H16N8OS. The van der Waals surface area contributed by atoms with Gasteiger partial charge in [-0.15, -0.1) is 10.2 Å². The first-order valence-electron chi connectivity index (χ1n) is 7.78. The predicted molar refractivity (Wildman–Crippen MR) is 91.4 cm³/mol. The van der Waals surface area contributed by atoms with E-state index in [0.29, 0.717) is 23.0 Å². The molecule has 2 N–H and O–H groups in total. The van der Waals surface area contributed by atoms with Crippen molar-refractivity contribution in [3.05, 3.63) is 47.7 Å². The Morgan fingerprint density at radius 3 is 3.12 bits per heavy atom. The zero-order chi connectivity index (χ0) is 17.3. The van der Waals surface area contributed by atoms with E-state index in [0.717, 1.165) is 17.7 Å². The van der Waals surface area contributed by atoms with E-state index >= 15 is 0 Å². The highest BCUT2D eigenvalue weighted by Gasteiger charge is 2.41. The van der Waals surface area contributed by atoms with Crippen LogP contribution >= 0.6 is 11.8 Å². The average molecular weight is 356 g/mol. The van der Waals surface area contributed by atoms with Crippen molar-refractivity contribution in [3.63, 3.8) is 0 Å². The van der Waals surface area contributed by atoms with Crippen molar-refractivity contribution >= 4 is 17.7 Å². The first kappa shape index (κ1) is 15.8. The average Bonchev–Trinajstić information content (AvgIpc) is 3.36. The molecule has 1 aliphatic heterocycles. The molecule has 0 aromatic carbocycles. The van der Waals surface area contributed by atoms with Crippen LogP contribution in [0.3, 0.4) is 0 Å². The van der Waals surface area contributed by atoms with Crippen LogP contribution in [0.15, 0.2) is 30.7 Å². The van der Waals surface area contributed by atoms with E-state index in [1.807, 2.05) is 19.1 Å². The molecule has 0 saturated carbocycles. The number of aromatic nitrogens is 7. The molecule has 4 heterocycles. The molecule has 0 radical (unpaired) electrons. The Morgan fingerprint density at radius 2 is 2.40 bits per heavy atom. The van der Waals surface area contributed by atoms with Gasteiger partial charge in [-0.25, -0.2) is 9.67 Å². The van der Waals surface area contributed by atoms with Gasteiger partial charge in [-0.05, 0) is 36.8 Å². The topological polar surface area (TPSA) is 114 Å². The highest BCUT2D eigenvalue weighted by molar-refractivity contribution is 7.99. The third kappa shape index (κ3) is 3.00. The summed E-state index contributed by atoms with van der Waals surface area (Å²) in [7, 11) is 0. The highest BCUT2D eigenvalue weighted by atomic mass is 32.2. The van der Waals surface area contributed by atoms with Gasteiger partial charge in [0.15, 0.2) is 5.82 Å². The number of amides is 1. The summed E-state index contributed by atoms with van der Waals surface area (Å²) in [5.41, 5.74) is 0.937. The van der Waals surface area contributed by atoms with E-state index in [1.54, 1.807) is 28.8 Å². The Bertz CT molecular complexity index is 885. The maximum Gasteiger partial charge on any atom is 0.255 e. The summed E-state index contributed by atoms with van der Waals surface area (Å²) in [6.45, 7) is 1.98. The molecule has 25 heavy (non-hydrogen) atoms. The number of rotatable bonds is 4. The normalized spacial score (nSPS) is 19.9. The minimum atomic E-state index is -0.599. The van der Waals surface area contributed by atoms with E-state index in [4.69, 9.17) is 0 Å². The third-order valence-electron chi connectivity index (χ3n) is 4.13. The van der Waals surface area contributed by atoms with Crippen molar-refractivity contribution in [2.24, 2.45) is 0 Å². The monoisotopic (exact) mass is 356 g/mol. The number of hydrogen-bond donors (Lipinski definition) is 2. The van der Waals surface area contributed by atoms with Crippen molar-refractivity contribution in [2.75, 3.05) is 11.5 Å². The quantitative estimate of drug-likeness (QED) is 0.712. The summed E-state index contributed by atoms with van der Waals surface area (Å²) in [5.74, 6) is 2.61. The van der Waals surface area contributed by atoms with Gasteiger partial charge in [-0.3, -0.25) is 4.79 Å². The Hall–Kier alpha value is -2.75. The minimum absolute atomic E-state index is 0.216. The molecule has 1 aliphatic rings. The molecule has 1 atom stereocenters. The number of carbonyl (C=O) groups excluding carboxylic acids is 1. The van der Waals surface area contributed by atoms with Gasteiger partial charge in [0.2, 0.25) is 5.82 Å². The molecule has 1 amide bonds. The Kier molecular flexibility index (Phi) is 3.96. The SMILES string of the molecule is Cc1ccnc(-n2cc(C(=O)NC3(c4nn[nH]n4)CCSC3)cn2)c1. The van der Waals surface area contributed by atoms with Crippen molar-refractivity contribution in [1.29, 1.82) is 0 Å². The van der Waals surface area contributed by atoms with E-state index in [9.17, 15) is 4.79 Å². The number of tetrazole rings is 1. The van der Waals surface area contributed by atoms with Crippen molar-refractivity contribution in [1.82, 2.24) is 40.7 Å². The van der Waals surface area contributed by atoms with Gasteiger partial charge in [0.05, 0.1) is 11.8 Å². The second kappa shape index (κ2) is 6.28. The van der Waals surface area contributed by atoms with Crippen LogP contribution < -0.4 is 5.32 Å². The fraction of sp³-hybridized carbons (Fsp3) is 0.333. The number of aryl methyl sites for hydroxylation is 1. The number of carbonyl (C=O) groups is 1. The van der Waals surface area contributed by atoms with E-state index in [1.165, 1.54) is 6.20 Å². The van der Waals surface area contributed by atoms with E-state index in [-0.39, 0.29) is 5.91 Å². The summed E-state index contributed by atoms with van der Waals surface area (Å²) in [4.78, 5) is 17.0. The molecule has 0 spiro atoms.